The fourth-order valence-corrected chi connectivity index (χ4v) is 2.61. The van der Waals surface area contributed by atoms with Crippen LogP contribution in [0, 0.1) is 11.3 Å². The van der Waals surface area contributed by atoms with Crippen molar-refractivity contribution in [1.82, 2.24) is 0 Å². The summed E-state index contributed by atoms with van der Waals surface area (Å²) in [6.45, 7) is 0. The van der Waals surface area contributed by atoms with Gasteiger partial charge in [0.1, 0.15) is 11.0 Å². The van der Waals surface area contributed by atoms with Crippen molar-refractivity contribution in [2.75, 3.05) is 0 Å². The van der Waals surface area contributed by atoms with Crippen LogP contribution in [0.15, 0.2) is 57.9 Å². The predicted octanol–water partition coefficient (Wildman–Crippen LogP) is 3.09. The van der Waals surface area contributed by atoms with Crippen molar-refractivity contribution in [3.05, 3.63) is 58.6 Å². The van der Waals surface area contributed by atoms with Crippen LogP contribution in [0.2, 0.25) is 0 Å². The predicted molar refractivity (Wildman–Crippen MR) is 73.1 cm³/mol. The van der Waals surface area contributed by atoms with E-state index in [0.717, 1.165) is 4.47 Å². The molecular formula is C13H8BrNO3S. The van der Waals surface area contributed by atoms with Gasteiger partial charge in [0.15, 0.2) is 5.75 Å². The van der Waals surface area contributed by atoms with Gasteiger partial charge in [0.05, 0.1) is 5.56 Å². The molecule has 0 fully saturated rings. The fourth-order valence-electron chi connectivity index (χ4n) is 1.40. The van der Waals surface area contributed by atoms with Crippen LogP contribution in [0.25, 0.3) is 0 Å². The highest BCUT2D eigenvalue weighted by atomic mass is 79.9. The number of nitrogens with zero attached hydrogens (tertiary/aromatic N) is 1. The summed E-state index contributed by atoms with van der Waals surface area (Å²) in [6.07, 6.45) is 0. The molecule has 6 heteroatoms. The first kappa shape index (κ1) is 13.6. The lowest BCUT2D eigenvalue weighted by atomic mass is 10.2. The zero-order valence-electron chi connectivity index (χ0n) is 9.58. The molecule has 0 aromatic heterocycles. The quantitative estimate of drug-likeness (QED) is 0.807. The maximum atomic E-state index is 12.0. The van der Waals surface area contributed by atoms with Crippen molar-refractivity contribution in [3.8, 4) is 11.8 Å². The maximum Gasteiger partial charge on any atom is 0.339 e. The number of nitriles is 1. The minimum Gasteiger partial charge on any atom is -0.378 e. The summed E-state index contributed by atoms with van der Waals surface area (Å²) in [4.78, 5) is 0.0310. The summed E-state index contributed by atoms with van der Waals surface area (Å²) in [5.41, 5.74) is 0.170. The van der Waals surface area contributed by atoms with Crippen molar-refractivity contribution in [1.29, 1.82) is 5.26 Å². The molecule has 96 valence electrons. The van der Waals surface area contributed by atoms with E-state index in [2.05, 4.69) is 15.9 Å². The van der Waals surface area contributed by atoms with Crippen LogP contribution in [-0.2, 0) is 10.1 Å². The van der Waals surface area contributed by atoms with Crippen molar-refractivity contribution in [2.45, 2.75) is 4.90 Å². The number of hydrogen-bond acceptors (Lipinski definition) is 4. The van der Waals surface area contributed by atoms with Crippen LogP contribution in [0.5, 0.6) is 5.75 Å². The van der Waals surface area contributed by atoms with Crippen LogP contribution in [0.4, 0.5) is 0 Å². The molecule has 0 saturated carbocycles. The van der Waals surface area contributed by atoms with Gasteiger partial charge in [0.2, 0.25) is 0 Å². The van der Waals surface area contributed by atoms with E-state index in [9.17, 15) is 8.42 Å². The molecule has 2 aromatic rings. The van der Waals surface area contributed by atoms with Crippen molar-refractivity contribution >= 4 is 26.0 Å². The van der Waals surface area contributed by atoms with Gasteiger partial charge in [-0.2, -0.15) is 13.7 Å². The largest absolute Gasteiger partial charge is 0.378 e. The molecule has 0 saturated heterocycles. The third-order valence-electron chi connectivity index (χ3n) is 2.31. The number of benzene rings is 2. The lowest BCUT2D eigenvalue weighted by Crippen LogP contribution is -2.10. The molecule has 0 radical (unpaired) electrons. The van der Waals surface area contributed by atoms with Crippen molar-refractivity contribution in [2.24, 2.45) is 0 Å². The van der Waals surface area contributed by atoms with Crippen molar-refractivity contribution in [3.63, 3.8) is 0 Å². The van der Waals surface area contributed by atoms with E-state index < -0.39 is 10.1 Å². The second-order valence-corrected chi connectivity index (χ2v) is 6.06. The Labute approximate surface area is 119 Å². The summed E-state index contributed by atoms with van der Waals surface area (Å²) in [7, 11) is -3.93. The zero-order chi connectivity index (χ0) is 13.9. The first-order valence-corrected chi connectivity index (χ1v) is 7.42. The molecule has 0 amide bonds. The van der Waals surface area contributed by atoms with Crippen LogP contribution < -0.4 is 4.18 Å². The van der Waals surface area contributed by atoms with E-state index in [1.807, 2.05) is 6.07 Å². The first-order chi connectivity index (χ1) is 9.03. The Morgan fingerprint density at radius 1 is 1.05 bits per heavy atom. The molecule has 2 rings (SSSR count). The molecule has 0 aliphatic carbocycles. The zero-order valence-corrected chi connectivity index (χ0v) is 12.0. The molecule has 0 bridgehead atoms. The number of para-hydroxylation sites is 1. The van der Waals surface area contributed by atoms with E-state index in [0.29, 0.717) is 0 Å². The molecule has 2 aromatic carbocycles. The number of hydrogen-bond donors (Lipinski definition) is 0. The van der Waals surface area contributed by atoms with Gasteiger partial charge >= 0.3 is 10.1 Å². The van der Waals surface area contributed by atoms with Crippen LogP contribution in [-0.4, -0.2) is 8.42 Å². The van der Waals surface area contributed by atoms with Crippen molar-refractivity contribution < 1.29 is 12.6 Å². The van der Waals surface area contributed by atoms with E-state index in [4.69, 9.17) is 9.44 Å². The van der Waals surface area contributed by atoms with E-state index in [1.54, 1.807) is 24.3 Å². The average Bonchev–Trinajstić information content (AvgIpc) is 2.39. The molecule has 0 atom stereocenters. The van der Waals surface area contributed by atoms with E-state index in [1.165, 1.54) is 24.3 Å². The van der Waals surface area contributed by atoms with Gasteiger partial charge in [0.25, 0.3) is 0 Å². The summed E-state index contributed by atoms with van der Waals surface area (Å²) in [5, 5.41) is 8.89. The first-order valence-electron chi connectivity index (χ1n) is 5.22. The summed E-state index contributed by atoms with van der Waals surface area (Å²) in [5.74, 6) is 0.0212. The minimum atomic E-state index is -3.93. The highest BCUT2D eigenvalue weighted by molar-refractivity contribution is 9.10. The molecular weight excluding hydrogens is 330 g/mol. The topological polar surface area (TPSA) is 67.2 Å². The molecule has 0 spiro atoms. The smallest absolute Gasteiger partial charge is 0.339 e. The fraction of sp³-hybridized carbons (Fsp3) is 0. The van der Waals surface area contributed by atoms with E-state index >= 15 is 0 Å². The lowest BCUT2D eigenvalue weighted by Gasteiger charge is -2.08. The lowest BCUT2D eigenvalue weighted by molar-refractivity contribution is 0.485. The molecule has 0 heterocycles. The molecule has 0 unspecified atom stereocenters. The van der Waals surface area contributed by atoms with Gasteiger partial charge in [-0.1, -0.05) is 28.1 Å². The third-order valence-corrected chi connectivity index (χ3v) is 4.09. The van der Waals surface area contributed by atoms with E-state index in [-0.39, 0.29) is 16.2 Å². The van der Waals surface area contributed by atoms with Gasteiger partial charge in [0, 0.05) is 4.47 Å². The average molecular weight is 338 g/mol. The summed E-state index contributed by atoms with van der Waals surface area (Å²) < 4.78 is 29.8. The van der Waals surface area contributed by atoms with Gasteiger partial charge in [-0.3, -0.25) is 0 Å². The highest BCUT2D eigenvalue weighted by Crippen LogP contribution is 2.23. The molecule has 4 nitrogen and oxygen atoms in total. The number of rotatable bonds is 3. The Hall–Kier alpha value is -1.84. The third kappa shape index (κ3) is 3.13. The second kappa shape index (κ2) is 5.43. The summed E-state index contributed by atoms with van der Waals surface area (Å²) in [6, 6.07) is 14.1. The molecule has 0 aliphatic heterocycles. The molecule has 0 aliphatic rings. The second-order valence-electron chi connectivity index (χ2n) is 3.60. The van der Waals surface area contributed by atoms with Gasteiger partial charge in [-0.15, -0.1) is 0 Å². The maximum absolute atomic E-state index is 12.0. The minimum absolute atomic E-state index is 0.0212. The van der Waals surface area contributed by atoms with Gasteiger partial charge < -0.3 is 4.18 Å². The summed E-state index contributed by atoms with van der Waals surface area (Å²) >= 11 is 3.22. The SMILES string of the molecule is N#Cc1ccccc1OS(=O)(=O)c1ccc(Br)cc1. The Morgan fingerprint density at radius 3 is 2.32 bits per heavy atom. The standard InChI is InChI=1S/C13H8BrNO3S/c14-11-5-7-12(8-6-11)19(16,17)18-13-4-2-1-3-10(13)9-15/h1-8H. The Morgan fingerprint density at radius 2 is 1.68 bits per heavy atom. The van der Waals surface area contributed by atoms with Gasteiger partial charge in [-0.05, 0) is 36.4 Å². The normalized spacial score (nSPS) is 10.7. The number of halogens is 1. The monoisotopic (exact) mass is 337 g/mol. The molecule has 19 heavy (non-hydrogen) atoms. The highest BCUT2D eigenvalue weighted by Gasteiger charge is 2.18. The Bertz CT molecular complexity index is 733. The van der Waals surface area contributed by atoms with Crippen LogP contribution >= 0.6 is 15.9 Å². The van der Waals surface area contributed by atoms with Crippen LogP contribution in [0.1, 0.15) is 5.56 Å². The van der Waals surface area contributed by atoms with Gasteiger partial charge in [-0.25, -0.2) is 0 Å². The van der Waals surface area contributed by atoms with Crippen LogP contribution in [0.3, 0.4) is 0 Å². The molecule has 0 N–H and O–H groups in total. The Balaban J connectivity index is 2.37. The Kier molecular flexibility index (Phi) is 3.88.